The van der Waals surface area contributed by atoms with Crippen LogP contribution in [0.3, 0.4) is 0 Å². The summed E-state index contributed by atoms with van der Waals surface area (Å²) in [6.07, 6.45) is 1.65. The monoisotopic (exact) mass is 411 g/mol. The summed E-state index contributed by atoms with van der Waals surface area (Å²) in [5.74, 6) is -1.02. The molecule has 0 spiro atoms. The molecule has 0 aliphatic heterocycles. The Hall–Kier alpha value is -2.98. The molecule has 0 radical (unpaired) electrons. The lowest BCUT2D eigenvalue weighted by Crippen LogP contribution is -2.32. The van der Waals surface area contributed by atoms with Crippen molar-refractivity contribution < 1.29 is 28.4 Å². The van der Waals surface area contributed by atoms with E-state index in [4.69, 9.17) is 20.8 Å². The number of nitro groups is 1. The van der Waals surface area contributed by atoms with E-state index in [9.17, 15) is 19.7 Å². The molecule has 0 unspecified atom stereocenters. The number of halogens is 1. The molecule has 0 aliphatic rings. The molecule has 10 nitrogen and oxygen atoms in total. The Balaban J connectivity index is 2.25. The largest absolute Gasteiger partial charge is 0.464 e. The molecule has 0 N–H and O–H groups in total. The Kier molecular flexibility index (Phi) is 7.47. The molecular weight excluding hydrogens is 394 g/mol. The van der Waals surface area contributed by atoms with Crippen LogP contribution in [0.5, 0.6) is 0 Å². The number of benzene rings is 1. The van der Waals surface area contributed by atoms with Crippen molar-refractivity contribution in [2.24, 2.45) is 0 Å². The fourth-order valence-corrected chi connectivity index (χ4v) is 2.55. The first kappa shape index (κ1) is 21.3. The molecule has 1 heterocycles. The summed E-state index contributed by atoms with van der Waals surface area (Å²) in [6, 6.07) is 3.81. The van der Waals surface area contributed by atoms with Gasteiger partial charge in [0.2, 0.25) is 5.89 Å². The van der Waals surface area contributed by atoms with Crippen LogP contribution >= 0.6 is 11.6 Å². The number of aromatic nitrogens is 1. The first-order valence-electron chi connectivity index (χ1n) is 8.12. The number of hydrogen-bond acceptors (Lipinski definition) is 8. The Labute approximate surface area is 165 Å². The maximum absolute atomic E-state index is 12.9. The van der Waals surface area contributed by atoms with E-state index in [1.54, 1.807) is 0 Å². The van der Waals surface area contributed by atoms with Crippen molar-refractivity contribution in [1.82, 2.24) is 9.88 Å². The van der Waals surface area contributed by atoms with Gasteiger partial charge in [0.1, 0.15) is 11.3 Å². The predicted molar refractivity (Wildman–Crippen MR) is 97.2 cm³/mol. The van der Waals surface area contributed by atoms with E-state index < -0.39 is 16.8 Å². The molecular formula is C17H18ClN3O7. The van der Waals surface area contributed by atoms with E-state index in [0.29, 0.717) is 13.0 Å². The molecule has 0 bridgehead atoms. The maximum atomic E-state index is 12.9. The molecule has 0 saturated heterocycles. The Morgan fingerprint density at radius 3 is 2.75 bits per heavy atom. The van der Waals surface area contributed by atoms with Gasteiger partial charge in [0.15, 0.2) is 5.69 Å². The Morgan fingerprint density at radius 2 is 2.11 bits per heavy atom. The summed E-state index contributed by atoms with van der Waals surface area (Å²) in [5.41, 5.74) is -0.300. The Bertz CT molecular complexity index is 868. The molecule has 2 aromatic rings. The maximum Gasteiger partial charge on any atom is 0.360 e. The van der Waals surface area contributed by atoms with E-state index in [0.717, 1.165) is 12.3 Å². The third-order valence-corrected chi connectivity index (χ3v) is 4.05. The number of nitro benzene ring substituents is 1. The van der Waals surface area contributed by atoms with Gasteiger partial charge in [0.25, 0.3) is 11.6 Å². The number of methoxy groups -OCH3 is 2. The molecule has 0 atom stereocenters. The van der Waals surface area contributed by atoms with Crippen molar-refractivity contribution in [3.8, 4) is 0 Å². The third-order valence-electron chi connectivity index (χ3n) is 3.73. The van der Waals surface area contributed by atoms with Crippen molar-refractivity contribution in [3.63, 3.8) is 0 Å². The zero-order chi connectivity index (χ0) is 20.7. The van der Waals surface area contributed by atoms with Crippen LogP contribution in [0, 0.1) is 10.1 Å². The third kappa shape index (κ3) is 5.27. The number of esters is 1. The molecule has 0 aliphatic carbocycles. The van der Waals surface area contributed by atoms with Crippen LogP contribution in [0.2, 0.25) is 5.02 Å². The van der Waals surface area contributed by atoms with Crippen molar-refractivity contribution in [2.45, 2.75) is 13.0 Å². The van der Waals surface area contributed by atoms with Gasteiger partial charge in [-0.15, -0.1) is 0 Å². The van der Waals surface area contributed by atoms with Gasteiger partial charge in [-0.2, -0.15) is 0 Å². The van der Waals surface area contributed by atoms with Crippen LogP contribution in [0.15, 0.2) is 28.9 Å². The van der Waals surface area contributed by atoms with Crippen molar-refractivity contribution in [3.05, 3.63) is 56.7 Å². The zero-order valence-electron chi connectivity index (χ0n) is 15.2. The smallest absolute Gasteiger partial charge is 0.360 e. The molecule has 0 fully saturated rings. The summed E-state index contributed by atoms with van der Waals surface area (Å²) in [7, 11) is 2.75. The normalized spacial score (nSPS) is 10.5. The second-order valence-corrected chi connectivity index (χ2v) is 6.02. The highest BCUT2D eigenvalue weighted by Gasteiger charge is 2.23. The van der Waals surface area contributed by atoms with Crippen molar-refractivity contribution >= 4 is 29.2 Å². The van der Waals surface area contributed by atoms with E-state index in [1.165, 1.54) is 31.3 Å². The van der Waals surface area contributed by atoms with Crippen LogP contribution in [0.1, 0.15) is 33.2 Å². The summed E-state index contributed by atoms with van der Waals surface area (Å²) < 4.78 is 14.8. The van der Waals surface area contributed by atoms with E-state index in [-0.39, 0.29) is 40.9 Å². The summed E-state index contributed by atoms with van der Waals surface area (Å²) >= 11 is 5.80. The van der Waals surface area contributed by atoms with Crippen LogP contribution in [-0.4, -0.2) is 54.1 Å². The summed E-state index contributed by atoms with van der Waals surface area (Å²) in [4.78, 5) is 40.2. The van der Waals surface area contributed by atoms with Crippen molar-refractivity contribution in [2.75, 3.05) is 27.4 Å². The van der Waals surface area contributed by atoms with Crippen LogP contribution in [0.25, 0.3) is 0 Å². The minimum atomic E-state index is -0.666. The van der Waals surface area contributed by atoms with Gasteiger partial charge in [0, 0.05) is 31.9 Å². The lowest BCUT2D eigenvalue weighted by Gasteiger charge is -2.21. The summed E-state index contributed by atoms with van der Waals surface area (Å²) in [5, 5.41) is 11.0. The lowest BCUT2D eigenvalue weighted by molar-refractivity contribution is -0.384. The number of ether oxygens (including phenoxy) is 2. The SMILES string of the molecule is COCCCN(Cc1nc(C(=O)OC)co1)C(=O)c1ccc(Cl)c([N+](=O)[O-])c1. The fraction of sp³-hybridized carbons (Fsp3) is 0.353. The second-order valence-electron chi connectivity index (χ2n) is 5.61. The number of carbonyl (C=O) groups excluding carboxylic acids is 2. The van der Waals surface area contributed by atoms with Gasteiger partial charge < -0.3 is 18.8 Å². The van der Waals surface area contributed by atoms with Gasteiger partial charge in [-0.1, -0.05) is 11.6 Å². The van der Waals surface area contributed by atoms with E-state index in [2.05, 4.69) is 9.72 Å². The molecule has 28 heavy (non-hydrogen) atoms. The van der Waals surface area contributed by atoms with Crippen LogP contribution < -0.4 is 0 Å². The van der Waals surface area contributed by atoms with E-state index >= 15 is 0 Å². The Morgan fingerprint density at radius 1 is 1.36 bits per heavy atom. The molecule has 11 heteroatoms. The molecule has 2 rings (SSSR count). The number of nitrogens with zero attached hydrogens (tertiary/aromatic N) is 3. The average molecular weight is 412 g/mol. The molecule has 1 amide bonds. The van der Waals surface area contributed by atoms with Gasteiger partial charge in [-0.25, -0.2) is 9.78 Å². The number of rotatable bonds is 9. The topological polar surface area (TPSA) is 125 Å². The predicted octanol–water partition coefficient (Wildman–Crippen LogP) is 2.70. The van der Waals surface area contributed by atoms with Gasteiger partial charge >= 0.3 is 5.97 Å². The van der Waals surface area contributed by atoms with Gasteiger partial charge in [0.05, 0.1) is 18.6 Å². The molecule has 150 valence electrons. The van der Waals surface area contributed by atoms with Crippen LogP contribution in [0.4, 0.5) is 5.69 Å². The van der Waals surface area contributed by atoms with Gasteiger partial charge in [-0.3, -0.25) is 14.9 Å². The standard InChI is InChI=1S/C17H18ClN3O7/c1-26-7-3-6-20(9-15-19-13(10-28-15)17(23)27-2)16(22)11-4-5-12(18)14(8-11)21(24)25/h4-5,8,10H,3,6-7,9H2,1-2H3. The molecule has 0 saturated carbocycles. The highest BCUT2D eigenvalue weighted by molar-refractivity contribution is 6.32. The van der Waals surface area contributed by atoms with Crippen LogP contribution in [-0.2, 0) is 16.0 Å². The number of amides is 1. The zero-order valence-corrected chi connectivity index (χ0v) is 16.0. The summed E-state index contributed by atoms with van der Waals surface area (Å²) in [6.45, 7) is 0.637. The lowest BCUT2D eigenvalue weighted by atomic mass is 10.1. The minimum Gasteiger partial charge on any atom is -0.464 e. The number of hydrogen-bond donors (Lipinski definition) is 0. The van der Waals surface area contributed by atoms with E-state index in [1.807, 2.05) is 0 Å². The molecule has 1 aromatic heterocycles. The highest BCUT2D eigenvalue weighted by Crippen LogP contribution is 2.26. The first-order chi connectivity index (χ1) is 13.4. The highest BCUT2D eigenvalue weighted by atomic mass is 35.5. The number of oxazole rings is 1. The average Bonchev–Trinajstić information content (AvgIpc) is 3.15. The van der Waals surface area contributed by atoms with Crippen molar-refractivity contribution in [1.29, 1.82) is 0 Å². The minimum absolute atomic E-state index is 0.0241. The first-order valence-corrected chi connectivity index (χ1v) is 8.50. The second kappa shape index (κ2) is 9.81. The fourth-order valence-electron chi connectivity index (χ4n) is 2.37. The quantitative estimate of drug-likeness (QED) is 0.267. The van der Waals surface area contributed by atoms with Gasteiger partial charge in [-0.05, 0) is 18.6 Å². The number of carbonyl (C=O) groups is 2. The molecule has 1 aromatic carbocycles.